The number of anilines is 1. The van der Waals surface area contributed by atoms with E-state index in [2.05, 4.69) is 22.1 Å². The maximum atomic E-state index is 13.6. The standard InChI is InChI=1S/C27H37ClN6O5S/c1-27(8-9-27)18-39-25-24(17-30-34(26(25)36)23-7-3-5-21(28)15-23)32-10-12-33(13-11-32)40(37,38)31-16-20-4-2-6-22(14-20)29-19-35/h3,5,7,15,17,19-20,22,31H,2,4,6,8-14,16,18H2,1H3,(H,29,35). The van der Waals surface area contributed by atoms with E-state index in [1.807, 2.05) is 4.90 Å². The largest absolute Gasteiger partial charge is 0.486 e. The van der Waals surface area contributed by atoms with E-state index in [1.165, 1.54) is 8.99 Å². The van der Waals surface area contributed by atoms with Crippen molar-refractivity contribution in [2.24, 2.45) is 11.3 Å². The van der Waals surface area contributed by atoms with Crippen molar-refractivity contribution in [3.8, 4) is 11.4 Å². The average Bonchev–Trinajstić information content (AvgIpc) is 3.68. The first-order valence-corrected chi connectivity index (χ1v) is 15.7. The quantitative estimate of drug-likeness (QED) is 0.384. The summed E-state index contributed by atoms with van der Waals surface area (Å²) in [5.41, 5.74) is 0.789. The molecule has 1 aliphatic heterocycles. The summed E-state index contributed by atoms with van der Waals surface area (Å²) in [7, 11) is -3.66. The molecule has 2 aromatic rings. The van der Waals surface area contributed by atoms with Gasteiger partial charge in [0.05, 0.1) is 18.5 Å². The van der Waals surface area contributed by atoms with Gasteiger partial charge in [0, 0.05) is 49.2 Å². The van der Waals surface area contributed by atoms with E-state index in [0.29, 0.717) is 49.0 Å². The SMILES string of the molecule is CC1(COc2c(N3CCN(S(=O)(=O)NCC4CCCC(NC=O)C4)CC3)cnn(-c3cccc(Cl)c3)c2=O)CC1. The fourth-order valence-electron chi connectivity index (χ4n) is 5.39. The molecule has 2 N–H and O–H groups in total. The maximum absolute atomic E-state index is 13.6. The molecule has 3 fully saturated rings. The Morgan fingerprint density at radius 3 is 2.67 bits per heavy atom. The van der Waals surface area contributed by atoms with Crippen molar-refractivity contribution < 1.29 is 17.9 Å². The van der Waals surface area contributed by atoms with Crippen molar-refractivity contribution in [1.29, 1.82) is 0 Å². The Kier molecular flexibility index (Phi) is 8.69. The topological polar surface area (TPSA) is 126 Å². The normalized spacial score (nSPS) is 23.0. The molecule has 11 nitrogen and oxygen atoms in total. The lowest BCUT2D eigenvalue weighted by Crippen LogP contribution is -2.53. The minimum Gasteiger partial charge on any atom is -0.486 e. The Morgan fingerprint density at radius 1 is 1.20 bits per heavy atom. The van der Waals surface area contributed by atoms with E-state index >= 15 is 0 Å². The number of amides is 1. The predicted molar refractivity (Wildman–Crippen MR) is 153 cm³/mol. The molecule has 2 aliphatic carbocycles. The van der Waals surface area contributed by atoms with Crippen molar-refractivity contribution in [2.45, 2.75) is 51.5 Å². The van der Waals surface area contributed by atoms with Gasteiger partial charge in [-0.05, 0) is 56.2 Å². The summed E-state index contributed by atoms with van der Waals surface area (Å²) >= 11 is 6.15. The molecule has 2 atom stereocenters. The zero-order chi connectivity index (χ0) is 28.3. The van der Waals surface area contributed by atoms with Crippen molar-refractivity contribution in [2.75, 3.05) is 44.2 Å². The lowest BCUT2D eigenvalue weighted by atomic mass is 9.86. The van der Waals surface area contributed by atoms with Crippen LogP contribution in [0.15, 0.2) is 35.3 Å². The van der Waals surface area contributed by atoms with Crippen LogP contribution in [0.3, 0.4) is 0 Å². The molecule has 1 aromatic heterocycles. The Morgan fingerprint density at radius 2 is 1.98 bits per heavy atom. The van der Waals surface area contributed by atoms with Gasteiger partial charge < -0.3 is 15.0 Å². The van der Waals surface area contributed by atoms with Gasteiger partial charge >= 0.3 is 5.56 Å². The zero-order valence-electron chi connectivity index (χ0n) is 22.7. The Bertz CT molecular complexity index is 1370. The van der Waals surface area contributed by atoms with Gasteiger partial charge in [-0.25, -0.2) is 4.72 Å². The summed E-state index contributed by atoms with van der Waals surface area (Å²) in [5, 5.41) is 7.72. The molecule has 2 unspecified atom stereocenters. The third kappa shape index (κ3) is 6.79. The predicted octanol–water partition coefficient (Wildman–Crippen LogP) is 2.33. The monoisotopic (exact) mass is 592 g/mol. The van der Waals surface area contributed by atoms with Crippen LogP contribution in [0.4, 0.5) is 5.69 Å². The van der Waals surface area contributed by atoms with E-state index in [4.69, 9.17) is 16.3 Å². The molecular formula is C27H37ClN6O5S. The van der Waals surface area contributed by atoms with Crippen molar-refractivity contribution in [3.05, 3.63) is 45.8 Å². The van der Waals surface area contributed by atoms with Gasteiger partial charge in [0.1, 0.15) is 5.69 Å². The number of hydrogen-bond acceptors (Lipinski definition) is 7. The third-order valence-electron chi connectivity index (χ3n) is 8.20. The summed E-state index contributed by atoms with van der Waals surface area (Å²) in [5.74, 6) is 0.403. The molecule has 0 radical (unpaired) electrons. The highest BCUT2D eigenvalue weighted by molar-refractivity contribution is 7.87. The van der Waals surface area contributed by atoms with Gasteiger partial charge in [-0.1, -0.05) is 31.0 Å². The van der Waals surface area contributed by atoms with Crippen molar-refractivity contribution in [1.82, 2.24) is 24.1 Å². The number of ether oxygens (including phenoxy) is 1. The number of hydrogen-bond donors (Lipinski definition) is 2. The van der Waals surface area contributed by atoms with E-state index < -0.39 is 10.2 Å². The van der Waals surface area contributed by atoms with E-state index in [1.54, 1.807) is 30.5 Å². The van der Waals surface area contributed by atoms with Crippen LogP contribution in [0.5, 0.6) is 5.75 Å². The van der Waals surface area contributed by atoms with Gasteiger partial charge in [0.25, 0.3) is 10.2 Å². The molecule has 1 amide bonds. The molecule has 5 rings (SSSR count). The number of carbonyl (C=O) groups is 1. The summed E-state index contributed by atoms with van der Waals surface area (Å²) in [6.45, 7) is 4.23. The first kappa shape index (κ1) is 28.8. The lowest BCUT2D eigenvalue weighted by molar-refractivity contribution is -0.110. The smallest absolute Gasteiger partial charge is 0.316 e. The summed E-state index contributed by atoms with van der Waals surface area (Å²) < 4.78 is 37.8. The van der Waals surface area contributed by atoms with Gasteiger partial charge in [0.2, 0.25) is 12.2 Å². The second-order valence-corrected chi connectivity index (χ2v) is 13.6. The number of aromatic nitrogens is 2. The van der Waals surface area contributed by atoms with Gasteiger partial charge in [-0.15, -0.1) is 0 Å². The lowest BCUT2D eigenvalue weighted by Gasteiger charge is -2.36. The van der Waals surface area contributed by atoms with E-state index in [9.17, 15) is 18.0 Å². The van der Waals surface area contributed by atoms with E-state index in [0.717, 1.165) is 38.5 Å². The fourth-order valence-corrected chi connectivity index (χ4v) is 6.85. The first-order valence-electron chi connectivity index (χ1n) is 13.9. The molecule has 0 bridgehead atoms. The Hall–Kier alpha value is -2.67. The fraction of sp³-hybridized carbons (Fsp3) is 0.593. The summed E-state index contributed by atoms with van der Waals surface area (Å²) in [6, 6.07) is 7.02. The van der Waals surface area contributed by atoms with Gasteiger partial charge in [-0.2, -0.15) is 22.5 Å². The number of carbonyl (C=O) groups excluding carboxylic acids is 1. The van der Waals surface area contributed by atoms with Gasteiger partial charge in [0.15, 0.2) is 0 Å². The third-order valence-corrected chi connectivity index (χ3v) is 10.0. The number of nitrogens with one attached hydrogen (secondary N) is 2. The van der Waals surface area contributed by atoms with Crippen LogP contribution in [0.2, 0.25) is 5.02 Å². The van der Waals surface area contributed by atoms with Crippen LogP contribution >= 0.6 is 11.6 Å². The van der Waals surface area contributed by atoms with Crippen LogP contribution < -0.4 is 25.2 Å². The molecule has 40 heavy (non-hydrogen) atoms. The molecule has 218 valence electrons. The maximum Gasteiger partial charge on any atom is 0.316 e. The molecule has 2 saturated carbocycles. The molecule has 2 heterocycles. The number of benzene rings is 1. The van der Waals surface area contributed by atoms with Crippen LogP contribution in [-0.2, 0) is 15.0 Å². The number of nitrogens with zero attached hydrogens (tertiary/aromatic N) is 4. The van der Waals surface area contributed by atoms with Crippen molar-refractivity contribution in [3.63, 3.8) is 0 Å². The van der Waals surface area contributed by atoms with E-state index in [-0.39, 0.29) is 41.8 Å². The molecule has 3 aliphatic rings. The second-order valence-electron chi connectivity index (χ2n) is 11.4. The Labute approximate surface area is 240 Å². The van der Waals surface area contributed by atoms with Crippen LogP contribution in [0.25, 0.3) is 5.69 Å². The first-order chi connectivity index (χ1) is 19.2. The average molecular weight is 593 g/mol. The minimum absolute atomic E-state index is 0.0635. The highest BCUT2D eigenvalue weighted by Gasteiger charge is 2.39. The Balaban J connectivity index is 1.26. The van der Waals surface area contributed by atoms with Crippen LogP contribution in [0.1, 0.15) is 45.4 Å². The highest BCUT2D eigenvalue weighted by atomic mass is 35.5. The number of rotatable bonds is 11. The van der Waals surface area contributed by atoms with Crippen LogP contribution in [-0.4, -0.2) is 74.3 Å². The summed E-state index contributed by atoms with van der Waals surface area (Å²) in [4.78, 5) is 26.3. The van der Waals surface area contributed by atoms with Crippen molar-refractivity contribution >= 4 is 33.9 Å². The molecule has 0 spiro atoms. The number of halogens is 1. The zero-order valence-corrected chi connectivity index (χ0v) is 24.3. The second kappa shape index (κ2) is 12.1. The molecular weight excluding hydrogens is 556 g/mol. The molecule has 13 heteroatoms. The molecule has 1 saturated heterocycles. The molecule has 1 aromatic carbocycles. The van der Waals surface area contributed by atoms with Gasteiger partial charge in [-0.3, -0.25) is 9.59 Å². The minimum atomic E-state index is -3.66. The van der Waals surface area contributed by atoms with Crippen LogP contribution in [0, 0.1) is 11.3 Å². The highest BCUT2D eigenvalue weighted by Crippen LogP contribution is 2.45. The summed E-state index contributed by atoms with van der Waals surface area (Å²) in [6.07, 6.45) is 8.02. The number of piperazine rings is 1.